The van der Waals surface area contributed by atoms with E-state index in [-0.39, 0.29) is 13.2 Å². The van der Waals surface area contributed by atoms with Crippen molar-refractivity contribution in [3.05, 3.63) is 11.8 Å². The van der Waals surface area contributed by atoms with Gasteiger partial charge in [0.2, 0.25) is 0 Å². The van der Waals surface area contributed by atoms with Crippen molar-refractivity contribution in [3.63, 3.8) is 0 Å². The lowest BCUT2D eigenvalue weighted by molar-refractivity contribution is -0.138. The summed E-state index contributed by atoms with van der Waals surface area (Å²) in [6.07, 6.45) is -0.441. The maximum atomic E-state index is 11.0. The first-order chi connectivity index (χ1) is 6.17. The molecule has 0 aromatic carbocycles. The van der Waals surface area contributed by atoms with Crippen LogP contribution in [0.5, 0.6) is 0 Å². The highest BCUT2D eigenvalue weighted by molar-refractivity contribution is 5.92. The van der Waals surface area contributed by atoms with Crippen LogP contribution in [0.3, 0.4) is 0 Å². The predicted molar refractivity (Wildman–Crippen MR) is 42.0 cm³/mol. The number of carbonyl (C=O) groups excluding carboxylic acids is 1. The summed E-state index contributed by atoms with van der Waals surface area (Å²) < 4.78 is 16.4. The normalized spacial score (nSPS) is 12.2. The minimum absolute atomic E-state index is 0.170. The van der Waals surface area contributed by atoms with Crippen molar-refractivity contribution in [1.29, 1.82) is 5.26 Å². The van der Waals surface area contributed by atoms with Crippen molar-refractivity contribution >= 4 is 5.97 Å². The Labute approximate surface area is 72.8 Å². The number of rotatable bonds is 4. The Morgan fingerprint density at radius 2 is 2.33 bits per heavy atom. The average molecular weight is 170 g/mol. The van der Waals surface area contributed by atoms with Gasteiger partial charge in [0.25, 0.3) is 0 Å². The fourth-order valence-corrected chi connectivity index (χ4v) is 0.458. The molecule has 66 valence electrons. The molecule has 0 aliphatic rings. The number of nitriles is 1. The molecule has 0 radical (unpaired) electrons. The first kappa shape index (κ1) is 8.60. The molecular weight excluding hydrogens is 158 g/mol. The van der Waals surface area contributed by atoms with E-state index in [1.807, 2.05) is 0 Å². The van der Waals surface area contributed by atoms with Crippen LogP contribution in [0.15, 0.2) is 11.8 Å². The molecule has 0 aliphatic heterocycles. The second-order valence-corrected chi connectivity index (χ2v) is 1.74. The van der Waals surface area contributed by atoms with E-state index in [1.165, 1.54) is 0 Å². The Kier molecular flexibility index (Phi) is 4.46. The van der Waals surface area contributed by atoms with Gasteiger partial charge in [-0.05, 0) is 13.8 Å². The molecule has 4 heteroatoms. The van der Waals surface area contributed by atoms with Gasteiger partial charge < -0.3 is 9.47 Å². The maximum Gasteiger partial charge on any atom is 0.352 e. The highest BCUT2D eigenvalue weighted by Gasteiger charge is 2.09. The first-order valence-corrected chi connectivity index (χ1v) is 3.58. The summed E-state index contributed by atoms with van der Waals surface area (Å²) in [5, 5.41) is 8.51. The zero-order valence-corrected chi connectivity index (χ0v) is 7.09. The minimum atomic E-state index is -0.816. The fraction of sp³-hybridized carbons (Fsp3) is 0.500. The summed E-state index contributed by atoms with van der Waals surface area (Å²) in [4.78, 5) is 11.0. The van der Waals surface area contributed by atoms with E-state index in [0.29, 0.717) is 0 Å². The SMILES string of the molecule is [2H]/C(OCC)=C(/C#N)C(=O)OCC. The molecule has 4 nitrogen and oxygen atoms in total. The third-order valence-electron chi connectivity index (χ3n) is 0.910. The number of ether oxygens (including phenoxy) is 2. The van der Waals surface area contributed by atoms with E-state index in [2.05, 4.69) is 9.47 Å². The predicted octanol–water partition coefficient (Wildman–Crippen LogP) is 0.993. The Morgan fingerprint density at radius 3 is 2.75 bits per heavy atom. The molecular formula is C8H11NO3. The van der Waals surface area contributed by atoms with Gasteiger partial charge in [-0.15, -0.1) is 0 Å². The third-order valence-corrected chi connectivity index (χ3v) is 0.910. The molecule has 0 fully saturated rings. The fourth-order valence-electron chi connectivity index (χ4n) is 0.458. The van der Waals surface area contributed by atoms with Crippen molar-refractivity contribution in [1.82, 2.24) is 0 Å². The molecule has 0 N–H and O–H groups in total. The van der Waals surface area contributed by atoms with Crippen LogP contribution in [-0.4, -0.2) is 19.2 Å². The van der Waals surface area contributed by atoms with Crippen LogP contribution in [0.25, 0.3) is 0 Å². The van der Waals surface area contributed by atoms with E-state index in [9.17, 15) is 4.79 Å². The summed E-state index contributed by atoms with van der Waals surface area (Å²) in [6.45, 7) is 3.69. The van der Waals surface area contributed by atoms with Crippen molar-refractivity contribution in [2.24, 2.45) is 0 Å². The van der Waals surface area contributed by atoms with Gasteiger partial charge in [-0.2, -0.15) is 5.26 Å². The van der Waals surface area contributed by atoms with Crippen molar-refractivity contribution < 1.29 is 15.6 Å². The zero-order valence-electron chi connectivity index (χ0n) is 8.09. The lowest BCUT2D eigenvalue weighted by atomic mass is 10.3. The minimum Gasteiger partial charge on any atom is -0.500 e. The van der Waals surface area contributed by atoms with Gasteiger partial charge in [0.15, 0.2) is 5.57 Å². The van der Waals surface area contributed by atoms with Crippen molar-refractivity contribution in [2.45, 2.75) is 13.8 Å². The Morgan fingerprint density at radius 1 is 1.67 bits per heavy atom. The quantitative estimate of drug-likeness (QED) is 0.273. The van der Waals surface area contributed by atoms with Crippen LogP contribution in [0.2, 0.25) is 0 Å². The van der Waals surface area contributed by atoms with E-state index in [1.54, 1.807) is 19.9 Å². The van der Waals surface area contributed by atoms with Crippen LogP contribution in [0, 0.1) is 11.3 Å². The Hall–Kier alpha value is -1.50. The van der Waals surface area contributed by atoms with Crippen LogP contribution in [-0.2, 0) is 14.3 Å². The Balaban J connectivity index is 4.59. The molecule has 12 heavy (non-hydrogen) atoms. The van der Waals surface area contributed by atoms with Gasteiger partial charge in [0.05, 0.1) is 13.2 Å². The maximum absolute atomic E-state index is 11.0. The third kappa shape index (κ3) is 3.62. The standard InChI is InChI=1S/C8H11NO3/c1-3-11-6-7(5-9)8(10)12-4-2/h6H,3-4H2,1-2H3/b7-6+/i6D. The van der Waals surface area contributed by atoms with Gasteiger partial charge in [0.1, 0.15) is 13.7 Å². The summed E-state index contributed by atoms with van der Waals surface area (Å²) in [7, 11) is 0. The molecule has 0 unspecified atom stereocenters. The van der Waals surface area contributed by atoms with Crippen molar-refractivity contribution in [2.75, 3.05) is 13.2 Å². The highest BCUT2D eigenvalue weighted by atomic mass is 16.5. The smallest absolute Gasteiger partial charge is 0.352 e. The monoisotopic (exact) mass is 170 g/mol. The molecule has 0 aromatic rings. The molecule has 0 aliphatic carbocycles. The average Bonchev–Trinajstić information content (AvgIpc) is 2.06. The molecule has 0 saturated carbocycles. The first-order valence-electron chi connectivity index (χ1n) is 4.08. The van der Waals surface area contributed by atoms with Gasteiger partial charge >= 0.3 is 5.97 Å². The van der Waals surface area contributed by atoms with E-state index in [4.69, 9.17) is 6.63 Å². The van der Waals surface area contributed by atoms with Crippen LogP contribution in [0.4, 0.5) is 0 Å². The van der Waals surface area contributed by atoms with E-state index in [0.717, 1.165) is 0 Å². The Bertz CT molecular complexity index is 255. The molecule has 0 aromatic heterocycles. The molecule has 0 saturated heterocycles. The van der Waals surface area contributed by atoms with Crippen LogP contribution >= 0.6 is 0 Å². The van der Waals surface area contributed by atoms with Crippen LogP contribution in [0.1, 0.15) is 15.2 Å². The molecule has 0 atom stereocenters. The molecule has 0 heterocycles. The number of hydrogen-bond acceptors (Lipinski definition) is 4. The van der Waals surface area contributed by atoms with Crippen molar-refractivity contribution in [3.8, 4) is 6.07 Å². The van der Waals surface area contributed by atoms with Gasteiger partial charge in [0, 0.05) is 0 Å². The molecule has 0 spiro atoms. The molecule has 0 amide bonds. The van der Waals surface area contributed by atoms with E-state index < -0.39 is 17.8 Å². The molecule has 0 bridgehead atoms. The molecule has 0 rings (SSSR count). The topological polar surface area (TPSA) is 59.3 Å². The summed E-state index contributed by atoms with van der Waals surface area (Å²) in [5.74, 6) is -0.816. The second-order valence-electron chi connectivity index (χ2n) is 1.74. The zero-order chi connectivity index (χ0) is 10.3. The lowest BCUT2D eigenvalue weighted by Crippen LogP contribution is -2.06. The van der Waals surface area contributed by atoms with Gasteiger partial charge in [-0.3, -0.25) is 0 Å². The van der Waals surface area contributed by atoms with Gasteiger partial charge in [-0.25, -0.2) is 4.79 Å². The lowest BCUT2D eigenvalue weighted by Gasteiger charge is -1.99. The number of nitrogens with zero attached hydrogens (tertiary/aromatic N) is 1. The number of esters is 1. The van der Waals surface area contributed by atoms with E-state index >= 15 is 0 Å². The summed E-state index contributed by atoms with van der Waals surface area (Å²) in [5.41, 5.74) is -0.399. The van der Waals surface area contributed by atoms with Gasteiger partial charge in [-0.1, -0.05) is 0 Å². The van der Waals surface area contributed by atoms with Crippen LogP contribution < -0.4 is 0 Å². The largest absolute Gasteiger partial charge is 0.500 e. The summed E-state index contributed by atoms with van der Waals surface area (Å²) in [6, 6.07) is 1.56. The number of hydrogen-bond donors (Lipinski definition) is 0. The summed E-state index contributed by atoms with van der Waals surface area (Å²) >= 11 is 0. The number of carbonyl (C=O) groups is 1. The highest BCUT2D eigenvalue weighted by Crippen LogP contribution is 1.96. The second kappa shape index (κ2) is 6.23.